The van der Waals surface area contributed by atoms with Crippen LogP contribution in [0.4, 0.5) is 0 Å². The predicted molar refractivity (Wildman–Crippen MR) is 26.4 cm³/mol. The van der Waals surface area contributed by atoms with E-state index in [2.05, 4.69) is 0 Å². The molecule has 0 radical (unpaired) electrons. The molecule has 6 heavy (non-hydrogen) atoms. The van der Waals surface area contributed by atoms with Crippen molar-refractivity contribution in [1.29, 1.82) is 0 Å². The molecule has 6 heteroatoms. The Morgan fingerprint density at radius 1 is 1.50 bits per heavy atom. The summed E-state index contributed by atoms with van der Waals surface area (Å²) in [6, 6.07) is 0. The average Bonchev–Trinajstić information content (AvgIpc) is 1.37. The van der Waals surface area contributed by atoms with Crippen molar-refractivity contribution in [2.45, 2.75) is 0 Å². The summed E-state index contributed by atoms with van der Waals surface area (Å²) in [5, 5.41) is 0. The van der Waals surface area contributed by atoms with Gasteiger partial charge in [0.2, 0.25) is 0 Å². The molecular formula is H5AlBaO3Si. The van der Waals surface area contributed by atoms with Crippen LogP contribution in [0, 0.1) is 0 Å². The Bertz CT molecular complexity index is 31.8. The molecule has 2 N–H and O–H groups in total. The van der Waals surface area contributed by atoms with Crippen LogP contribution in [0.5, 0.6) is 0 Å². The van der Waals surface area contributed by atoms with Crippen molar-refractivity contribution in [1.82, 2.24) is 0 Å². The summed E-state index contributed by atoms with van der Waals surface area (Å²) >= 11 is -0.940. The number of rotatable bonds is 1. The first-order valence-corrected chi connectivity index (χ1v) is 4.41. The Labute approximate surface area is 83.5 Å². The first-order chi connectivity index (χ1) is 1.91. The van der Waals surface area contributed by atoms with Crippen molar-refractivity contribution in [3.63, 3.8) is 0 Å². The molecule has 0 aliphatic rings. The van der Waals surface area contributed by atoms with Crippen LogP contribution in [0.2, 0.25) is 0 Å². The summed E-state index contributed by atoms with van der Waals surface area (Å²) in [6.07, 6.45) is 0. The molecule has 0 amide bonds. The van der Waals surface area contributed by atoms with Gasteiger partial charge in [-0.15, -0.1) is 0 Å². The van der Waals surface area contributed by atoms with Crippen molar-refractivity contribution in [3.8, 4) is 0 Å². The van der Waals surface area contributed by atoms with E-state index in [1.165, 1.54) is 0 Å². The zero-order valence-corrected chi connectivity index (χ0v) is 4.78. The van der Waals surface area contributed by atoms with Crippen LogP contribution in [0.3, 0.4) is 0 Å². The third-order valence-electron chi connectivity index (χ3n) is 0.0556. The number of hydrogen-bond acceptors (Lipinski definition) is 2. The van der Waals surface area contributed by atoms with Gasteiger partial charge in [-0.25, -0.2) is 0 Å². The fourth-order valence-corrected chi connectivity index (χ4v) is 0. The maximum atomic E-state index is 9.11. The Hall–Kier alpha value is 1.88. The molecule has 0 heterocycles. The Morgan fingerprint density at radius 2 is 1.67 bits per heavy atom. The molecule has 0 rings (SSSR count). The summed E-state index contributed by atoms with van der Waals surface area (Å²) in [7, 11) is -0.940. The van der Waals surface area contributed by atoms with E-state index in [0.29, 0.717) is 0 Å². The molecule has 0 unspecified atom stereocenters. The van der Waals surface area contributed by atoms with E-state index >= 15 is 0 Å². The van der Waals surface area contributed by atoms with Gasteiger partial charge in [-0.05, 0) is 0 Å². The molecule has 0 aromatic heterocycles. The average molecular weight is 245 g/mol. The minimum absolute atomic E-state index is 0. The normalized spacial score (nSPS) is 2.67. The fraction of sp³-hybridized carbons (Fsp3) is 0. The molecule has 32 valence electrons. The molecule has 0 aliphatic carbocycles. The van der Waals surface area contributed by atoms with Crippen molar-refractivity contribution in [2.75, 3.05) is 0 Å². The molecular weight excluding hydrogens is 240 g/mol. The zero-order chi connectivity index (χ0) is 3.41. The van der Waals surface area contributed by atoms with E-state index in [-0.39, 0.29) is 54.4 Å². The third-order valence-corrected chi connectivity index (χ3v) is 0.500. The Morgan fingerprint density at radius 3 is 1.67 bits per heavy atom. The van der Waals surface area contributed by atoms with Crippen LogP contribution in [-0.4, -0.2) is 76.8 Å². The van der Waals surface area contributed by atoms with Crippen LogP contribution in [0.1, 0.15) is 0 Å². The van der Waals surface area contributed by atoms with Crippen molar-refractivity contribution >= 4 is 71.4 Å². The summed E-state index contributed by atoms with van der Waals surface area (Å²) in [4.78, 5) is 0. The van der Waals surface area contributed by atoms with Gasteiger partial charge in [0.1, 0.15) is 0 Å². The molecule has 0 aliphatic heterocycles. The van der Waals surface area contributed by atoms with Crippen LogP contribution < -0.4 is 0 Å². The zero-order valence-electron chi connectivity index (χ0n) is 2.47. The standard InChI is InChI=1S/Al.Ba.HOSi.H2O.O.2H/c;;1-2;;;;/h;;2H;1H2;;;. The SMILES string of the molecule is O.[BaH2].[O]=[Al][SiH]=O. The van der Waals surface area contributed by atoms with Crippen LogP contribution in [0.15, 0.2) is 0 Å². The fourth-order valence-electron chi connectivity index (χ4n) is 0. The summed E-state index contributed by atoms with van der Waals surface area (Å²) in [5.74, 6) is 0. The van der Waals surface area contributed by atoms with Gasteiger partial charge in [-0.3, -0.25) is 0 Å². The van der Waals surface area contributed by atoms with Crippen molar-refractivity contribution in [3.05, 3.63) is 0 Å². The van der Waals surface area contributed by atoms with Gasteiger partial charge in [0.25, 0.3) is 0 Å². The summed E-state index contributed by atoms with van der Waals surface area (Å²) in [6.45, 7) is 0. The first kappa shape index (κ1) is 15.7. The van der Waals surface area contributed by atoms with Gasteiger partial charge in [0, 0.05) is 0 Å². The monoisotopic (exact) mass is 246 g/mol. The molecule has 0 aromatic carbocycles. The molecule has 0 atom stereocenters. The molecule has 0 saturated heterocycles. The van der Waals surface area contributed by atoms with E-state index < -0.39 is 22.5 Å². The number of hydrogen-bond donors (Lipinski definition) is 0. The maximum absolute atomic E-state index is 9.11. The van der Waals surface area contributed by atoms with Crippen LogP contribution in [-0.2, 0) is 8.27 Å². The summed E-state index contributed by atoms with van der Waals surface area (Å²) in [5.41, 5.74) is 0. The molecule has 0 bridgehead atoms. The molecule has 0 saturated carbocycles. The second-order valence-electron chi connectivity index (χ2n) is 0.272. The van der Waals surface area contributed by atoms with E-state index in [9.17, 15) is 0 Å². The minimum atomic E-state index is -0.940. The molecule has 3 nitrogen and oxygen atoms in total. The molecule has 0 aromatic rings. The van der Waals surface area contributed by atoms with Crippen molar-refractivity contribution < 1.29 is 13.7 Å². The van der Waals surface area contributed by atoms with E-state index in [4.69, 9.17) is 8.27 Å². The topological polar surface area (TPSA) is 65.6 Å². The second kappa shape index (κ2) is 15.8. The Kier molecular flexibility index (Phi) is 41.2. The van der Waals surface area contributed by atoms with Crippen molar-refractivity contribution in [2.24, 2.45) is 0 Å². The summed E-state index contributed by atoms with van der Waals surface area (Å²) < 4.78 is 18.2. The van der Waals surface area contributed by atoms with E-state index in [0.717, 1.165) is 0 Å². The predicted octanol–water partition coefficient (Wildman–Crippen LogP) is -3.01. The van der Waals surface area contributed by atoms with Gasteiger partial charge in [0.15, 0.2) is 0 Å². The van der Waals surface area contributed by atoms with Gasteiger partial charge in [0.05, 0.1) is 0 Å². The second-order valence-corrected chi connectivity index (χ2v) is 2.45. The molecule has 0 spiro atoms. The van der Waals surface area contributed by atoms with Gasteiger partial charge >= 0.3 is 79.6 Å². The third kappa shape index (κ3) is 16.9. The van der Waals surface area contributed by atoms with Gasteiger partial charge < -0.3 is 5.48 Å². The molecule has 0 fully saturated rings. The quantitative estimate of drug-likeness (QED) is 0.462. The van der Waals surface area contributed by atoms with E-state index in [1.807, 2.05) is 0 Å². The first-order valence-electron chi connectivity index (χ1n) is 0.805. The van der Waals surface area contributed by atoms with E-state index in [1.54, 1.807) is 0 Å². The van der Waals surface area contributed by atoms with Gasteiger partial charge in [-0.2, -0.15) is 0 Å². The van der Waals surface area contributed by atoms with Gasteiger partial charge in [-0.1, -0.05) is 0 Å². The van der Waals surface area contributed by atoms with Crippen LogP contribution >= 0.6 is 0 Å². The Balaban J connectivity index is -0.0000000450. The van der Waals surface area contributed by atoms with Crippen LogP contribution in [0.25, 0.3) is 0 Å².